The predicted molar refractivity (Wildman–Crippen MR) is 124 cm³/mol. The number of carbonyl (C=O) groups is 2. The average molecular weight is 451 g/mol. The number of dihydropyridines is 1. The average Bonchev–Trinajstić information content (AvgIpc) is 3.41. The zero-order valence-electron chi connectivity index (χ0n) is 18.6. The van der Waals surface area contributed by atoms with E-state index in [1.807, 2.05) is 29.2 Å². The van der Waals surface area contributed by atoms with Crippen LogP contribution in [0.25, 0.3) is 11.0 Å². The van der Waals surface area contributed by atoms with Crippen molar-refractivity contribution in [1.29, 1.82) is 0 Å². The molecule has 9 nitrogen and oxygen atoms in total. The molecular formula is C24H30N6O3. The van der Waals surface area contributed by atoms with E-state index in [2.05, 4.69) is 32.8 Å². The molecule has 9 heteroatoms. The van der Waals surface area contributed by atoms with Gasteiger partial charge in [-0.15, -0.1) is 0 Å². The number of benzene rings is 1. The molecule has 3 aliphatic rings. The summed E-state index contributed by atoms with van der Waals surface area (Å²) in [6.45, 7) is 2.76. The van der Waals surface area contributed by atoms with Crippen LogP contribution in [-0.2, 0) is 4.79 Å². The zero-order chi connectivity index (χ0) is 22.8. The van der Waals surface area contributed by atoms with Gasteiger partial charge >= 0.3 is 12.0 Å². The number of aromatic nitrogens is 2. The van der Waals surface area contributed by atoms with Crippen molar-refractivity contribution in [3.05, 3.63) is 53.5 Å². The fraction of sp³-hybridized carbons (Fsp3) is 0.458. The Labute approximate surface area is 192 Å². The predicted octanol–water partition coefficient (Wildman–Crippen LogP) is 2.72. The smallest absolute Gasteiger partial charge is 0.320 e. The number of carbonyl (C=O) groups excluding carboxylic acids is 1. The summed E-state index contributed by atoms with van der Waals surface area (Å²) in [7, 11) is 0. The van der Waals surface area contributed by atoms with Crippen LogP contribution in [0.4, 0.5) is 4.79 Å². The molecule has 3 aliphatic heterocycles. The van der Waals surface area contributed by atoms with Gasteiger partial charge in [0.25, 0.3) is 0 Å². The van der Waals surface area contributed by atoms with Crippen molar-refractivity contribution in [2.75, 3.05) is 26.2 Å². The molecule has 2 amide bonds. The number of allylic oxidation sites excluding steroid dienone is 3. The highest BCUT2D eigenvalue weighted by Gasteiger charge is 2.36. The standard InChI is InChI=1S/C24H30N6O3/c31-21(32)15-20(23-27-18-7-1-2-8-19(18)28-23)30-14-13-29(24(30)33)12-4-6-17-10-9-16-5-3-11-25-22(16)26-17/h1-2,7-10,20,22,25-26H,3-6,11-15H2,(H,27,28)(H,31,32)/t20-,22?/m1/s1. The number of nitrogens with zero attached hydrogens (tertiary/aromatic N) is 3. The zero-order valence-corrected chi connectivity index (χ0v) is 18.6. The molecule has 2 aromatic rings. The van der Waals surface area contributed by atoms with Crippen LogP contribution in [0.2, 0.25) is 0 Å². The maximum Gasteiger partial charge on any atom is 0.320 e. The Bertz CT molecular complexity index is 1070. The Kier molecular flexibility index (Phi) is 6.04. The van der Waals surface area contributed by atoms with E-state index in [0.717, 1.165) is 36.8 Å². The number of amides is 2. The molecular weight excluding hydrogens is 420 g/mol. The fourth-order valence-corrected chi connectivity index (χ4v) is 4.94. The number of fused-ring (bicyclic) bond motifs is 2. The van der Waals surface area contributed by atoms with Gasteiger partial charge in [-0.05, 0) is 56.0 Å². The van der Waals surface area contributed by atoms with Gasteiger partial charge in [-0.3, -0.25) is 10.1 Å². The first-order valence-corrected chi connectivity index (χ1v) is 11.7. The van der Waals surface area contributed by atoms with Crippen LogP contribution < -0.4 is 10.6 Å². The second-order valence-corrected chi connectivity index (χ2v) is 8.89. The summed E-state index contributed by atoms with van der Waals surface area (Å²) in [6.07, 6.45) is 8.46. The lowest BCUT2D eigenvalue weighted by Crippen LogP contribution is -2.47. The third kappa shape index (κ3) is 4.59. The molecule has 4 N–H and O–H groups in total. The highest BCUT2D eigenvalue weighted by molar-refractivity contribution is 5.79. The number of aromatic amines is 1. The molecule has 0 radical (unpaired) electrons. The molecule has 174 valence electrons. The Balaban J connectivity index is 1.21. The maximum absolute atomic E-state index is 13.2. The van der Waals surface area contributed by atoms with Crippen molar-refractivity contribution in [2.24, 2.45) is 0 Å². The Morgan fingerprint density at radius 1 is 1.24 bits per heavy atom. The summed E-state index contributed by atoms with van der Waals surface area (Å²) in [5, 5.41) is 16.5. The molecule has 33 heavy (non-hydrogen) atoms. The first kappa shape index (κ1) is 21.5. The first-order chi connectivity index (χ1) is 16.1. The number of imidazole rings is 1. The van der Waals surface area contributed by atoms with E-state index in [1.165, 1.54) is 17.7 Å². The van der Waals surface area contributed by atoms with E-state index in [9.17, 15) is 14.7 Å². The lowest BCUT2D eigenvalue weighted by atomic mass is 9.99. The number of aliphatic carboxylic acids is 1. The van der Waals surface area contributed by atoms with Gasteiger partial charge in [0, 0.05) is 25.3 Å². The molecule has 2 fully saturated rings. The minimum atomic E-state index is -0.953. The largest absolute Gasteiger partial charge is 0.481 e. The molecule has 5 rings (SSSR count). The normalized spacial score (nSPS) is 21.5. The van der Waals surface area contributed by atoms with E-state index in [4.69, 9.17) is 0 Å². The number of carboxylic acids is 1. The summed E-state index contributed by atoms with van der Waals surface area (Å²) in [5.41, 5.74) is 4.20. The molecule has 1 aromatic carbocycles. The van der Waals surface area contributed by atoms with Gasteiger partial charge in [0.2, 0.25) is 0 Å². The number of carboxylic acid groups (broad SMARTS) is 1. The number of hydrogen-bond donors (Lipinski definition) is 4. The van der Waals surface area contributed by atoms with Crippen LogP contribution in [0.3, 0.4) is 0 Å². The molecule has 2 atom stereocenters. The number of hydrogen-bond acceptors (Lipinski definition) is 5. The van der Waals surface area contributed by atoms with Gasteiger partial charge in [-0.2, -0.15) is 0 Å². The molecule has 0 saturated carbocycles. The summed E-state index contributed by atoms with van der Waals surface area (Å²) < 4.78 is 0. The highest BCUT2D eigenvalue weighted by Crippen LogP contribution is 2.28. The quantitative estimate of drug-likeness (QED) is 0.492. The van der Waals surface area contributed by atoms with Crippen molar-refractivity contribution in [1.82, 2.24) is 30.4 Å². The third-order valence-electron chi connectivity index (χ3n) is 6.66. The lowest BCUT2D eigenvalue weighted by Gasteiger charge is -2.32. The van der Waals surface area contributed by atoms with Crippen LogP contribution in [0.5, 0.6) is 0 Å². The van der Waals surface area contributed by atoms with Crippen LogP contribution in [0.15, 0.2) is 47.7 Å². The van der Waals surface area contributed by atoms with Gasteiger partial charge in [0.1, 0.15) is 11.9 Å². The van der Waals surface area contributed by atoms with E-state index < -0.39 is 12.0 Å². The summed E-state index contributed by atoms with van der Waals surface area (Å²) >= 11 is 0. The second kappa shape index (κ2) is 9.27. The van der Waals surface area contributed by atoms with Gasteiger partial charge in [0.15, 0.2) is 0 Å². The fourth-order valence-electron chi connectivity index (χ4n) is 4.94. The highest BCUT2D eigenvalue weighted by atomic mass is 16.4. The van der Waals surface area contributed by atoms with Crippen molar-refractivity contribution in [3.8, 4) is 0 Å². The van der Waals surface area contributed by atoms with Crippen molar-refractivity contribution >= 4 is 23.0 Å². The van der Waals surface area contributed by atoms with Crippen LogP contribution >= 0.6 is 0 Å². The van der Waals surface area contributed by atoms with Gasteiger partial charge in [0.05, 0.1) is 23.6 Å². The molecule has 0 aliphatic carbocycles. The van der Waals surface area contributed by atoms with Gasteiger partial charge in [-0.25, -0.2) is 9.78 Å². The number of nitrogens with one attached hydrogen (secondary N) is 3. The molecule has 0 bridgehead atoms. The van der Waals surface area contributed by atoms with Crippen LogP contribution in [-0.4, -0.2) is 69.2 Å². The number of urea groups is 1. The van der Waals surface area contributed by atoms with Crippen molar-refractivity contribution in [2.45, 2.75) is 44.3 Å². The summed E-state index contributed by atoms with van der Waals surface area (Å²) in [6, 6.07) is 6.83. The van der Waals surface area contributed by atoms with Gasteiger partial charge in [-0.1, -0.05) is 18.2 Å². The number of H-pyrrole nitrogens is 1. The summed E-state index contributed by atoms with van der Waals surface area (Å²) in [5.74, 6) is -0.432. The monoisotopic (exact) mass is 450 g/mol. The maximum atomic E-state index is 13.2. The van der Waals surface area contributed by atoms with Crippen LogP contribution in [0.1, 0.15) is 44.0 Å². The SMILES string of the molecule is O=C(O)C[C@H](c1nc2ccccc2[nH]1)N1CCN(CCCC2=CC=C3CCCNC3N2)C1=O. The molecule has 0 spiro atoms. The number of para-hydroxylation sites is 2. The summed E-state index contributed by atoms with van der Waals surface area (Å²) in [4.78, 5) is 36.0. The second-order valence-electron chi connectivity index (χ2n) is 8.89. The first-order valence-electron chi connectivity index (χ1n) is 11.7. The van der Waals surface area contributed by atoms with E-state index in [-0.39, 0.29) is 18.6 Å². The lowest BCUT2D eigenvalue weighted by molar-refractivity contribution is -0.138. The molecule has 4 heterocycles. The van der Waals surface area contributed by atoms with E-state index in [0.29, 0.717) is 25.5 Å². The van der Waals surface area contributed by atoms with E-state index >= 15 is 0 Å². The Hall–Kier alpha value is -3.33. The number of piperidine rings is 1. The minimum absolute atomic E-state index is 0.122. The molecule has 1 aromatic heterocycles. The Morgan fingerprint density at radius 3 is 2.97 bits per heavy atom. The topological polar surface area (TPSA) is 114 Å². The molecule has 1 unspecified atom stereocenters. The van der Waals surface area contributed by atoms with Crippen molar-refractivity contribution < 1.29 is 14.7 Å². The number of rotatable bonds is 8. The van der Waals surface area contributed by atoms with Gasteiger partial charge < -0.3 is 25.2 Å². The minimum Gasteiger partial charge on any atom is -0.481 e. The van der Waals surface area contributed by atoms with Crippen molar-refractivity contribution in [3.63, 3.8) is 0 Å². The Morgan fingerprint density at radius 2 is 2.12 bits per heavy atom. The molecule has 2 saturated heterocycles. The third-order valence-corrected chi connectivity index (χ3v) is 6.66. The van der Waals surface area contributed by atoms with E-state index in [1.54, 1.807) is 4.90 Å². The van der Waals surface area contributed by atoms with Crippen LogP contribution in [0, 0.1) is 0 Å².